The van der Waals surface area contributed by atoms with Crippen LogP contribution in [0.5, 0.6) is 0 Å². The van der Waals surface area contributed by atoms with Gasteiger partial charge in [0.25, 0.3) is 0 Å². The maximum atomic E-state index is 11.7. The van der Waals surface area contributed by atoms with Crippen LogP contribution in [0.2, 0.25) is 0 Å². The van der Waals surface area contributed by atoms with Gasteiger partial charge in [-0.05, 0) is 26.7 Å². The van der Waals surface area contributed by atoms with Gasteiger partial charge in [-0.1, -0.05) is 20.3 Å². The van der Waals surface area contributed by atoms with Crippen molar-refractivity contribution in [1.82, 2.24) is 15.1 Å². The lowest BCUT2D eigenvalue weighted by Gasteiger charge is -2.38. The van der Waals surface area contributed by atoms with E-state index in [1.54, 1.807) is 0 Å². The largest absolute Gasteiger partial charge is 0.353 e. The molecule has 1 N–H and O–H groups in total. The summed E-state index contributed by atoms with van der Waals surface area (Å²) in [5, 5.41) is 2.96. The highest BCUT2D eigenvalue weighted by atomic mass is 16.2. The van der Waals surface area contributed by atoms with Crippen LogP contribution in [0.4, 0.5) is 0 Å². The maximum Gasteiger partial charge on any atom is 0.234 e. The molecule has 0 bridgehead atoms. The van der Waals surface area contributed by atoms with Gasteiger partial charge in [-0.3, -0.25) is 14.6 Å². The molecule has 112 valence electrons. The highest BCUT2D eigenvalue weighted by Gasteiger charge is 2.23. The number of carbonyl (C=O) groups excluding carboxylic acids is 1. The van der Waals surface area contributed by atoms with E-state index in [0.29, 0.717) is 6.54 Å². The predicted molar refractivity (Wildman–Crippen MR) is 80.3 cm³/mol. The molecular weight excluding hydrogens is 238 g/mol. The molecule has 1 heterocycles. The molecule has 0 aromatic heterocycles. The zero-order chi connectivity index (χ0) is 14.3. The minimum absolute atomic E-state index is 0.157. The lowest BCUT2D eigenvalue weighted by atomic mass is 10.1. The van der Waals surface area contributed by atoms with Crippen LogP contribution >= 0.6 is 0 Å². The van der Waals surface area contributed by atoms with Crippen LogP contribution in [0.15, 0.2) is 0 Å². The molecule has 1 aliphatic heterocycles. The molecule has 1 unspecified atom stereocenters. The Morgan fingerprint density at radius 3 is 2.26 bits per heavy atom. The first-order valence-corrected chi connectivity index (χ1v) is 7.82. The molecule has 0 aliphatic carbocycles. The number of nitrogens with one attached hydrogen (secondary N) is 1. The Kier molecular flexibility index (Phi) is 7.39. The van der Waals surface area contributed by atoms with Crippen LogP contribution in [-0.4, -0.2) is 60.5 Å². The van der Waals surface area contributed by atoms with Crippen molar-refractivity contribution < 1.29 is 4.79 Å². The summed E-state index contributed by atoms with van der Waals surface area (Å²) in [7, 11) is 0. The molecule has 1 fully saturated rings. The third-order valence-corrected chi connectivity index (χ3v) is 3.83. The van der Waals surface area contributed by atoms with Crippen LogP contribution in [0.3, 0.4) is 0 Å². The predicted octanol–water partition coefficient (Wildman–Crippen LogP) is 1.71. The summed E-state index contributed by atoms with van der Waals surface area (Å²) in [6, 6.07) is 0.972. The highest BCUT2D eigenvalue weighted by molar-refractivity contribution is 5.78. The molecule has 1 saturated heterocycles. The summed E-state index contributed by atoms with van der Waals surface area (Å²) in [5.41, 5.74) is 0. The lowest BCUT2D eigenvalue weighted by molar-refractivity contribution is -0.123. The number of carbonyl (C=O) groups is 1. The monoisotopic (exact) mass is 269 g/mol. The van der Waals surface area contributed by atoms with Crippen molar-refractivity contribution in [3.05, 3.63) is 0 Å². The molecular formula is C15H31N3O. The third-order valence-electron chi connectivity index (χ3n) is 3.83. The average molecular weight is 269 g/mol. The molecule has 4 heteroatoms. The van der Waals surface area contributed by atoms with Gasteiger partial charge in [-0.25, -0.2) is 0 Å². The van der Waals surface area contributed by atoms with Gasteiger partial charge in [0.05, 0.1) is 6.54 Å². The first kappa shape index (κ1) is 16.4. The fourth-order valence-corrected chi connectivity index (χ4v) is 2.84. The van der Waals surface area contributed by atoms with E-state index in [4.69, 9.17) is 0 Å². The Morgan fingerprint density at radius 2 is 1.79 bits per heavy atom. The van der Waals surface area contributed by atoms with Gasteiger partial charge in [-0.2, -0.15) is 0 Å². The molecule has 1 rings (SSSR count). The van der Waals surface area contributed by atoms with Crippen molar-refractivity contribution in [2.45, 2.75) is 59.0 Å². The molecule has 4 nitrogen and oxygen atoms in total. The summed E-state index contributed by atoms with van der Waals surface area (Å²) < 4.78 is 0. The molecule has 0 radical (unpaired) electrons. The topological polar surface area (TPSA) is 35.6 Å². The smallest absolute Gasteiger partial charge is 0.234 e. The lowest BCUT2D eigenvalue weighted by Crippen LogP contribution is -2.52. The zero-order valence-electron chi connectivity index (χ0n) is 13.1. The Hall–Kier alpha value is -0.610. The second kappa shape index (κ2) is 8.54. The quantitative estimate of drug-likeness (QED) is 0.764. The van der Waals surface area contributed by atoms with Gasteiger partial charge in [-0.15, -0.1) is 0 Å². The normalized spacial score (nSPS) is 19.6. The van der Waals surface area contributed by atoms with Gasteiger partial charge >= 0.3 is 0 Å². The fraction of sp³-hybridized carbons (Fsp3) is 0.933. The number of piperazine rings is 1. The van der Waals surface area contributed by atoms with E-state index in [0.717, 1.165) is 32.2 Å². The van der Waals surface area contributed by atoms with E-state index >= 15 is 0 Å². The van der Waals surface area contributed by atoms with E-state index in [9.17, 15) is 4.79 Å². The van der Waals surface area contributed by atoms with Gasteiger partial charge in [0.1, 0.15) is 0 Å². The molecule has 0 aromatic carbocycles. The fourth-order valence-electron chi connectivity index (χ4n) is 2.84. The van der Waals surface area contributed by atoms with Gasteiger partial charge in [0.2, 0.25) is 5.91 Å². The highest BCUT2D eigenvalue weighted by Crippen LogP contribution is 2.13. The van der Waals surface area contributed by atoms with Crippen molar-refractivity contribution in [1.29, 1.82) is 0 Å². The molecule has 1 amide bonds. The Bertz CT molecular complexity index is 260. The maximum absolute atomic E-state index is 11.7. The van der Waals surface area contributed by atoms with Crippen molar-refractivity contribution in [2.75, 3.05) is 32.7 Å². The van der Waals surface area contributed by atoms with Crippen LogP contribution in [-0.2, 0) is 4.79 Å². The molecule has 1 aliphatic rings. The first-order valence-electron chi connectivity index (χ1n) is 7.82. The van der Waals surface area contributed by atoms with Crippen molar-refractivity contribution >= 4 is 5.91 Å². The SMILES string of the molecule is CCCC(CC)N1CCN(CC(=O)NC(C)C)CC1. The Morgan fingerprint density at radius 1 is 1.16 bits per heavy atom. The molecule has 0 spiro atoms. The van der Waals surface area contributed by atoms with Crippen LogP contribution in [0.25, 0.3) is 0 Å². The van der Waals surface area contributed by atoms with Crippen LogP contribution in [0, 0.1) is 0 Å². The summed E-state index contributed by atoms with van der Waals surface area (Å²) in [6.45, 7) is 13.4. The number of hydrogen-bond acceptors (Lipinski definition) is 3. The number of rotatable bonds is 7. The number of nitrogens with zero attached hydrogens (tertiary/aromatic N) is 2. The number of amides is 1. The van der Waals surface area contributed by atoms with Crippen LogP contribution in [0.1, 0.15) is 47.0 Å². The molecule has 0 saturated carbocycles. The Labute approximate surface area is 118 Å². The van der Waals surface area contributed by atoms with E-state index in [-0.39, 0.29) is 11.9 Å². The van der Waals surface area contributed by atoms with E-state index < -0.39 is 0 Å². The van der Waals surface area contributed by atoms with E-state index in [1.165, 1.54) is 19.3 Å². The summed E-state index contributed by atoms with van der Waals surface area (Å²) in [5.74, 6) is 0.157. The van der Waals surface area contributed by atoms with Gasteiger partial charge < -0.3 is 5.32 Å². The second-order valence-electron chi connectivity index (χ2n) is 5.89. The standard InChI is InChI=1S/C15H31N3O/c1-5-7-14(6-2)18-10-8-17(9-11-18)12-15(19)16-13(3)4/h13-14H,5-12H2,1-4H3,(H,16,19). The molecule has 1 atom stereocenters. The summed E-state index contributed by atoms with van der Waals surface area (Å²) >= 11 is 0. The van der Waals surface area contributed by atoms with Crippen LogP contribution < -0.4 is 5.32 Å². The zero-order valence-corrected chi connectivity index (χ0v) is 13.1. The van der Waals surface area contributed by atoms with Gasteiger partial charge in [0, 0.05) is 38.3 Å². The van der Waals surface area contributed by atoms with Crippen molar-refractivity contribution in [3.8, 4) is 0 Å². The third kappa shape index (κ3) is 5.91. The number of hydrogen-bond donors (Lipinski definition) is 1. The van der Waals surface area contributed by atoms with Crippen molar-refractivity contribution in [2.24, 2.45) is 0 Å². The van der Waals surface area contributed by atoms with Crippen molar-refractivity contribution in [3.63, 3.8) is 0 Å². The molecule has 0 aromatic rings. The van der Waals surface area contributed by atoms with Gasteiger partial charge in [0.15, 0.2) is 0 Å². The molecule has 19 heavy (non-hydrogen) atoms. The van der Waals surface area contributed by atoms with E-state index in [2.05, 4.69) is 29.0 Å². The van der Waals surface area contributed by atoms with E-state index in [1.807, 2.05) is 13.8 Å². The average Bonchev–Trinajstić information content (AvgIpc) is 2.36. The minimum atomic E-state index is 0.157. The minimum Gasteiger partial charge on any atom is -0.353 e. The summed E-state index contributed by atoms with van der Waals surface area (Å²) in [4.78, 5) is 16.6. The second-order valence-corrected chi connectivity index (χ2v) is 5.89. The Balaban J connectivity index is 2.30. The first-order chi connectivity index (χ1) is 9.06. The summed E-state index contributed by atoms with van der Waals surface area (Å²) in [6.07, 6.45) is 3.79.